The summed E-state index contributed by atoms with van der Waals surface area (Å²) in [5.41, 5.74) is 0.0646. The van der Waals surface area contributed by atoms with E-state index in [0.29, 0.717) is 5.56 Å². The Bertz CT molecular complexity index is 2170. The summed E-state index contributed by atoms with van der Waals surface area (Å²) < 4.78 is 39.3. The highest BCUT2D eigenvalue weighted by Gasteiger charge is 2.47. The summed E-state index contributed by atoms with van der Waals surface area (Å²) in [7, 11) is 0. The van der Waals surface area contributed by atoms with E-state index in [1.165, 1.54) is 48.5 Å². The third-order valence-electron chi connectivity index (χ3n) is 9.14. The summed E-state index contributed by atoms with van der Waals surface area (Å²) in [5, 5.41) is 92.4. The molecule has 6 rings (SSSR count). The van der Waals surface area contributed by atoms with Gasteiger partial charge in [-0.15, -0.1) is 0 Å². The predicted octanol–water partition coefficient (Wildman–Crippen LogP) is -0.530. The van der Waals surface area contributed by atoms with Crippen LogP contribution in [0.25, 0.3) is 28.7 Å². The van der Waals surface area contributed by atoms with Gasteiger partial charge in [-0.3, -0.25) is 14.4 Å². The van der Waals surface area contributed by atoms with Crippen LogP contribution in [0.2, 0.25) is 0 Å². The minimum atomic E-state index is -1.96. The number of hydrogen-bond acceptors (Lipinski definition) is 19. The fourth-order valence-electron chi connectivity index (χ4n) is 6.02. The second-order valence-corrected chi connectivity index (χ2v) is 13.4. The summed E-state index contributed by atoms with van der Waals surface area (Å²) >= 11 is 0. The number of aliphatic hydroxyl groups is 6. The van der Waals surface area contributed by atoms with E-state index in [-0.39, 0.29) is 45.6 Å². The molecule has 10 atom stereocenters. The van der Waals surface area contributed by atoms with Gasteiger partial charge in [-0.1, -0.05) is 12.1 Å². The number of rotatable bonds is 13. The number of benzene rings is 3. The van der Waals surface area contributed by atoms with Gasteiger partial charge in [-0.25, -0.2) is 4.79 Å². The summed E-state index contributed by atoms with van der Waals surface area (Å²) in [6.45, 7) is -1.38. The molecule has 0 spiro atoms. The van der Waals surface area contributed by atoms with E-state index in [0.717, 1.165) is 18.2 Å². The van der Waals surface area contributed by atoms with Crippen LogP contribution in [0.3, 0.4) is 0 Å². The zero-order valence-corrected chi connectivity index (χ0v) is 30.4. The Morgan fingerprint density at radius 2 is 1.20 bits per heavy atom. The van der Waals surface area contributed by atoms with Crippen molar-refractivity contribution in [3.63, 3.8) is 0 Å². The van der Waals surface area contributed by atoms with Crippen LogP contribution in [-0.4, -0.2) is 138 Å². The first-order chi connectivity index (χ1) is 28.1. The molecule has 1 aliphatic carbocycles. The number of carboxylic acid groups (broad SMARTS) is 1. The monoisotopic (exact) mass is 826 g/mol. The number of phenolic OH excluding ortho intramolecular Hbond substituents is 2. The highest BCUT2D eigenvalue weighted by atomic mass is 16.7. The summed E-state index contributed by atoms with van der Waals surface area (Å²) in [6.07, 6.45) is -16.5. The first kappa shape index (κ1) is 42.5. The Morgan fingerprint density at radius 1 is 0.661 bits per heavy atom. The first-order valence-corrected chi connectivity index (χ1v) is 17.7. The normalized spacial score (nSPS) is 26.9. The van der Waals surface area contributed by atoms with Crippen molar-refractivity contribution < 1.29 is 93.2 Å². The Kier molecular flexibility index (Phi) is 13.1. The number of aliphatic hydroxyl groups excluding tert-OH is 6. The average molecular weight is 827 g/mol. The molecule has 9 N–H and O–H groups in total. The lowest BCUT2D eigenvalue weighted by Gasteiger charge is -2.40. The van der Waals surface area contributed by atoms with E-state index in [4.69, 9.17) is 37.9 Å². The highest BCUT2D eigenvalue weighted by molar-refractivity contribution is 5.90. The summed E-state index contributed by atoms with van der Waals surface area (Å²) in [5.74, 6) is -4.51. The maximum absolute atomic E-state index is 12.9. The number of fused-ring (bicyclic) bond motifs is 1. The lowest BCUT2D eigenvalue weighted by atomic mass is 9.99. The van der Waals surface area contributed by atoms with Crippen molar-refractivity contribution in [2.45, 2.75) is 67.8 Å². The lowest BCUT2D eigenvalue weighted by Crippen LogP contribution is -2.60. The Morgan fingerprint density at radius 3 is 1.78 bits per heavy atom. The standard InChI is InChI=1S/C39H38O20/c40-19-6-1-17(2-7-19)3-10-29(45)53-15-26-31(47)34(50)36(52)39(59-26)57-25-13-22-23(55-37(25)18-4-8-20(41)9-5-18)11-21(42)12-24(22)56-38-35(51)33(49)32(48)27(58-38)16-54-30(46)14-28(43)44/h1-13,26-27,31-36,38-41,47-52H,14-16H2,(H,43,44)/t26?,27?,31-,32+,33-,34?,35?,36?,38+,39+/m0/s1. The molecule has 2 aromatic rings. The number of carboxylic acids is 1. The van der Waals surface area contributed by atoms with Gasteiger partial charge in [0, 0.05) is 23.8 Å². The van der Waals surface area contributed by atoms with Gasteiger partial charge in [-0.2, -0.15) is 0 Å². The highest BCUT2D eigenvalue weighted by Crippen LogP contribution is 2.43. The van der Waals surface area contributed by atoms with Gasteiger partial charge < -0.3 is 78.8 Å². The van der Waals surface area contributed by atoms with Gasteiger partial charge in [-0.05, 0) is 54.1 Å². The molecule has 20 heteroatoms. The zero-order chi connectivity index (χ0) is 42.5. The number of ether oxygens (including phenoxy) is 6. The van der Waals surface area contributed by atoms with Gasteiger partial charge in [0.25, 0.3) is 0 Å². The van der Waals surface area contributed by atoms with Crippen molar-refractivity contribution in [3.05, 3.63) is 88.6 Å². The quantitative estimate of drug-likeness (QED) is 0.0465. The minimum Gasteiger partial charge on any atom is -0.508 e. The Hall–Kier alpha value is -6.10. The molecule has 59 heavy (non-hydrogen) atoms. The minimum absolute atomic E-state index is 0.0218. The number of carbonyl (C=O) groups is 3. The van der Waals surface area contributed by atoms with Crippen LogP contribution in [0.4, 0.5) is 0 Å². The van der Waals surface area contributed by atoms with Crippen molar-refractivity contribution >= 4 is 24.0 Å². The summed E-state index contributed by atoms with van der Waals surface area (Å²) in [4.78, 5) is 48.0. The van der Waals surface area contributed by atoms with Gasteiger partial charge in [0.05, 0.1) is 5.56 Å². The third-order valence-corrected chi connectivity index (χ3v) is 9.14. The second kappa shape index (κ2) is 18.2. The van der Waals surface area contributed by atoms with Crippen molar-refractivity contribution in [1.29, 1.82) is 0 Å². The molecule has 4 aliphatic rings. The van der Waals surface area contributed by atoms with Crippen LogP contribution in [0, 0.1) is 0 Å². The van der Waals surface area contributed by atoms with Crippen LogP contribution in [-0.2, 0) is 33.3 Å². The van der Waals surface area contributed by atoms with E-state index in [1.54, 1.807) is 12.1 Å². The van der Waals surface area contributed by atoms with Crippen LogP contribution in [0.5, 0.6) is 23.0 Å². The average Bonchev–Trinajstić information content (AvgIpc) is 3.20. The fraction of sp³-hybridized carbons (Fsp3) is 0.333. The fourth-order valence-corrected chi connectivity index (χ4v) is 6.02. The second-order valence-electron chi connectivity index (χ2n) is 13.4. The molecule has 20 nitrogen and oxygen atoms in total. The predicted molar refractivity (Wildman–Crippen MR) is 195 cm³/mol. The van der Waals surface area contributed by atoms with Crippen molar-refractivity contribution in [1.82, 2.24) is 0 Å². The van der Waals surface area contributed by atoms with Gasteiger partial charge in [0.2, 0.25) is 12.6 Å². The summed E-state index contributed by atoms with van der Waals surface area (Å²) in [6, 6.07) is 14.6. The largest absolute Gasteiger partial charge is 0.508 e. The van der Waals surface area contributed by atoms with E-state index in [1.807, 2.05) is 0 Å². The van der Waals surface area contributed by atoms with Crippen LogP contribution in [0.15, 0.2) is 82.0 Å². The maximum Gasteiger partial charge on any atom is 0.330 e. The van der Waals surface area contributed by atoms with Gasteiger partial charge in [0.15, 0.2) is 16.9 Å². The number of hydrogen-bond donors (Lipinski definition) is 9. The van der Waals surface area contributed by atoms with Crippen molar-refractivity contribution in [2.24, 2.45) is 0 Å². The smallest absolute Gasteiger partial charge is 0.330 e. The molecule has 3 aliphatic heterocycles. The third kappa shape index (κ3) is 10.1. The number of aromatic hydroxyl groups is 2. The molecule has 5 unspecified atom stereocenters. The SMILES string of the molecule is O=C(O)CC(=O)OCC1O[C@@H](Oc2cc(=O)cc3oc(-c4ccc(O)cc4)c(O[C@@H]4OC(COC(=O)C=Cc5ccc(O)cc5)[C@H](O)C(O)C4O)cc2-3)C(O)[C@@H](O)[C@@H]1O. The maximum atomic E-state index is 12.9. The van der Waals surface area contributed by atoms with Crippen molar-refractivity contribution in [3.8, 4) is 45.6 Å². The number of phenols is 2. The molecule has 3 heterocycles. The van der Waals surface area contributed by atoms with E-state index < -0.39 is 104 Å². The molecule has 0 bridgehead atoms. The first-order valence-electron chi connectivity index (χ1n) is 17.7. The van der Waals surface area contributed by atoms with Crippen LogP contribution < -0.4 is 14.9 Å². The topological polar surface area (TPSA) is 319 Å². The van der Waals surface area contributed by atoms with E-state index in [2.05, 4.69) is 0 Å². The van der Waals surface area contributed by atoms with Crippen LogP contribution in [0.1, 0.15) is 12.0 Å². The van der Waals surface area contributed by atoms with Gasteiger partial charge >= 0.3 is 17.9 Å². The molecular weight excluding hydrogens is 788 g/mol. The zero-order valence-electron chi connectivity index (χ0n) is 30.4. The van der Waals surface area contributed by atoms with Gasteiger partial charge in [0.1, 0.15) is 91.5 Å². The number of esters is 2. The van der Waals surface area contributed by atoms with E-state index >= 15 is 0 Å². The Balaban J connectivity index is 1.28. The number of carbonyl (C=O) groups excluding carboxylic acids is 2. The molecular formula is C39H38O20. The molecule has 0 radical (unpaired) electrons. The molecule has 2 fully saturated rings. The molecule has 2 saturated heterocycles. The molecule has 314 valence electrons. The molecule has 0 amide bonds. The molecule has 0 aromatic heterocycles. The Labute approximate surface area is 332 Å². The van der Waals surface area contributed by atoms with Crippen molar-refractivity contribution in [2.75, 3.05) is 13.2 Å². The number of aliphatic carboxylic acids is 1. The van der Waals surface area contributed by atoms with E-state index in [9.17, 15) is 60.0 Å². The lowest BCUT2D eigenvalue weighted by molar-refractivity contribution is -0.278. The molecule has 2 aromatic carbocycles. The van der Waals surface area contributed by atoms with Crippen LogP contribution >= 0.6 is 0 Å². The molecule has 0 saturated carbocycles.